The molecular weight excluding hydrogens is 258 g/mol. The summed E-state index contributed by atoms with van der Waals surface area (Å²) in [5.74, 6) is 0.915. The van der Waals surface area contributed by atoms with E-state index in [9.17, 15) is 4.79 Å². The Morgan fingerprint density at radius 1 is 1.65 bits per heavy atom. The first-order valence-electron chi connectivity index (χ1n) is 6.84. The highest BCUT2D eigenvalue weighted by Gasteiger charge is 2.29. The van der Waals surface area contributed by atoms with E-state index in [0.717, 1.165) is 24.3 Å². The van der Waals surface area contributed by atoms with Gasteiger partial charge in [-0.2, -0.15) is 4.98 Å². The minimum Gasteiger partial charge on any atom is -0.377 e. The number of primary amides is 1. The first kappa shape index (κ1) is 14.5. The lowest BCUT2D eigenvalue weighted by molar-refractivity contribution is -0.121. The molecule has 1 amide bonds. The first-order valence-corrected chi connectivity index (χ1v) is 6.84. The van der Waals surface area contributed by atoms with E-state index < -0.39 is 11.9 Å². The van der Waals surface area contributed by atoms with E-state index in [1.807, 2.05) is 11.8 Å². The van der Waals surface area contributed by atoms with Crippen molar-refractivity contribution in [1.29, 1.82) is 0 Å². The Balaban J connectivity index is 2.26. The zero-order valence-corrected chi connectivity index (χ0v) is 11.9. The molecule has 0 bridgehead atoms. The summed E-state index contributed by atoms with van der Waals surface area (Å²) in [5.41, 5.74) is 6.36. The highest BCUT2D eigenvalue weighted by Crippen LogP contribution is 2.22. The summed E-state index contributed by atoms with van der Waals surface area (Å²) in [7, 11) is 0. The topological polar surface area (TPSA) is 93.4 Å². The van der Waals surface area contributed by atoms with Gasteiger partial charge in [-0.15, -0.1) is 0 Å². The molecule has 2 rings (SSSR count). The summed E-state index contributed by atoms with van der Waals surface area (Å²) in [6.45, 7) is 6.27. The maximum Gasteiger partial charge on any atom is 0.242 e. The van der Waals surface area contributed by atoms with Gasteiger partial charge in [-0.05, 0) is 13.3 Å². The van der Waals surface area contributed by atoms with Gasteiger partial charge in [0.15, 0.2) is 0 Å². The molecule has 110 valence electrons. The molecule has 2 heterocycles. The Morgan fingerprint density at radius 2 is 2.45 bits per heavy atom. The lowest BCUT2D eigenvalue weighted by atomic mass is 10.2. The number of carbonyl (C=O) groups is 1. The molecule has 0 aromatic carbocycles. The van der Waals surface area contributed by atoms with Gasteiger partial charge in [0.2, 0.25) is 11.9 Å². The molecule has 1 saturated heterocycles. The molecule has 3 N–H and O–H groups in total. The van der Waals surface area contributed by atoms with Gasteiger partial charge in [0, 0.05) is 24.8 Å². The van der Waals surface area contributed by atoms with Crippen molar-refractivity contribution in [3.8, 4) is 0 Å². The van der Waals surface area contributed by atoms with Crippen molar-refractivity contribution in [1.82, 2.24) is 9.97 Å². The first-order chi connectivity index (χ1) is 9.63. The number of ether oxygens (including phenoxy) is 1. The van der Waals surface area contributed by atoms with Crippen LogP contribution >= 0.6 is 0 Å². The number of hydrogen-bond acceptors (Lipinski definition) is 6. The molecule has 0 radical (unpaired) electrons. The summed E-state index contributed by atoms with van der Waals surface area (Å²) in [6.07, 6.45) is 2.75. The molecule has 0 spiro atoms. The second-order valence-electron chi connectivity index (χ2n) is 4.81. The zero-order valence-electron chi connectivity index (χ0n) is 11.9. The number of hydrogen-bond donors (Lipinski definition) is 2. The van der Waals surface area contributed by atoms with Crippen LogP contribution in [0.3, 0.4) is 0 Å². The number of nitrogens with two attached hydrogens (primary N) is 1. The van der Waals surface area contributed by atoms with Gasteiger partial charge in [0.25, 0.3) is 0 Å². The second kappa shape index (κ2) is 6.51. The molecule has 0 saturated carbocycles. The number of amides is 1. The van der Waals surface area contributed by atoms with E-state index in [2.05, 4.69) is 22.2 Å². The molecular formula is C13H21N5O2. The molecule has 1 unspecified atom stereocenters. The van der Waals surface area contributed by atoms with Crippen LogP contribution in [0.5, 0.6) is 0 Å². The minimum atomic E-state index is -0.476. The zero-order chi connectivity index (χ0) is 14.5. The summed E-state index contributed by atoms with van der Waals surface area (Å²) < 4.78 is 5.33. The number of nitrogens with one attached hydrogen (secondary N) is 1. The van der Waals surface area contributed by atoms with Crippen molar-refractivity contribution in [2.45, 2.75) is 26.3 Å². The lowest BCUT2D eigenvalue weighted by Crippen LogP contribution is -2.53. The number of nitrogens with zero attached hydrogens (tertiary/aromatic N) is 3. The number of aryl methyl sites for hydroxylation is 1. The molecule has 0 aliphatic carbocycles. The Hall–Kier alpha value is -1.89. The standard InChI is InChI=1S/C13H21N5O2/c1-3-4-15-13-16-7-9(2)12(17-13)18-5-6-20-8-10(18)11(14)19/h7,10H,3-6,8H2,1-2H3,(H2,14,19)(H,15,16,17). The van der Waals surface area contributed by atoms with Crippen LogP contribution in [-0.2, 0) is 9.53 Å². The fraction of sp³-hybridized carbons (Fsp3) is 0.615. The van der Waals surface area contributed by atoms with Crippen molar-refractivity contribution in [3.63, 3.8) is 0 Å². The van der Waals surface area contributed by atoms with E-state index in [0.29, 0.717) is 25.7 Å². The van der Waals surface area contributed by atoms with Crippen LogP contribution < -0.4 is 16.0 Å². The summed E-state index contributed by atoms with van der Waals surface area (Å²) >= 11 is 0. The van der Waals surface area contributed by atoms with Crippen LogP contribution in [0.25, 0.3) is 0 Å². The van der Waals surface area contributed by atoms with Crippen LogP contribution in [0.1, 0.15) is 18.9 Å². The van der Waals surface area contributed by atoms with Crippen LogP contribution in [0.4, 0.5) is 11.8 Å². The molecule has 7 heteroatoms. The maximum atomic E-state index is 11.5. The number of morpholine rings is 1. The van der Waals surface area contributed by atoms with Crippen molar-refractivity contribution >= 4 is 17.7 Å². The molecule has 1 atom stereocenters. The van der Waals surface area contributed by atoms with Gasteiger partial charge in [0.1, 0.15) is 11.9 Å². The monoisotopic (exact) mass is 279 g/mol. The van der Waals surface area contributed by atoms with Crippen LogP contribution in [-0.4, -0.2) is 48.2 Å². The van der Waals surface area contributed by atoms with E-state index >= 15 is 0 Å². The summed E-state index contributed by atoms with van der Waals surface area (Å²) in [6, 6.07) is -0.476. The Kier molecular flexibility index (Phi) is 4.73. The molecule has 20 heavy (non-hydrogen) atoms. The fourth-order valence-electron chi connectivity index (χ4n) is 2.14. The molecule has 1 fully saturated rings. The summed E-state index contributed by atoms with van der Waals surface area (Å²) in [5, 5.41) is 3.15. The molecule has 7 nitrogen and oxygen atoms in total. The van der Waals surface area contributed by atoms with Gasteiger partial charge in [0.05, 0.1) is 13.2 Å². The Labute approximate surface area is 118 Å². The highest BCUT2D eigenvalue weighted by molar-refractivity contribution is 5.84. The predicted molar refractivity (Wildman–Crippen MR) is 76.7 cm³/mol. The van der Waals surface area contributed by atoms with Crippen molar-refractivity contribution in [3.05, 3.63) is 11.8 Å². The van der Waals surface area contributed by atoms with E-state index in [1.165, 1.54) is 0 Å². The largest absolute Gasteiger partial charge is 0.377 e. The van der Waals surface area contributed by atoms with Crippen LogP contribution in [0, 0.1) is 6.92 Å². The Bertz CT molecular complexity index is 480. The smallest absolute Gasteiger partial charge is 0.242 e. The van der Waals surface area contributed by atoms with Gasteiger partial charge in [-0.25, -0.2) is 4.98 Å². The average Bonchev–Trinajstić information content (AvgIpc) is 2.46. The average molecular weight is 279 g/mol. The third-order valence-electron chi connectivity index (χ3n) is 3.21. The molecule has 1 aliphatic rings. The lowest BCUT2D eigenvalue weighted by Gasteiger charge is -2.35. The van der Waals surface area contributed by atoms with Gasteiger partial charge in [-0.3, -0.25) is 4.79 Å². The van der Waals surface area contributed by atoms with Gasteiger partial charge >= 0.3 is 0 Å². The SMILES string of the molecule is CCCNc1ncc(C)c(N2CCOCC2C(N)=O)n1. The summed E-state index contributed by atoms with van der Waals surface area (Å²) in [4.78, 5) is 22.2. The maximum absolute atomic E-state index is 11.5. The van der Waals surface area contributed by atoms with Crippen molar-refractivity contribution < 1.29 is 9.53 Å². The second-order valence-corrected chi connectivity index (χ2v) is 4.81. The third-order valence-corrected chi connectivity index (χ3v) is 3.21. The number of anilines is 2. The van der Waals surface area contributed by atoms with E-state index in [4.69, 9.17) is 10.5 Å². The molecule has 1 aromatic heterocycles. The highest BCUT2D eigenvalue weighted by atomic mass is 16.5. The van der Waals surface area contributed by atoms with Crippen molar-refractivity contribution in [2.75, 3.05) is 36.5 Å². The number of rotatable bonds is 5. The van der Waals surface area contributed by atoms with Crippen LogP contribution in [0.2, 0.25) is 0 Å². The van der Waals surface area contributed by atoms with Crippen LogP contribution in [0.15, 0.2) is 6.20 Å². The minimum absolute atomic E-state index is 0.302. The Morgan fingerprint density at radius 3 is 3.15 bits per heavy atom. The third kappa shape index (κ3) is 3.16. The van der Waals surface area contributed by atoms with Crippen molar-refractivity contribution in [2.24, 2.45) is 5.73 Å². The van der Waals surface area contributed by atoms with Gasteiger partial charge in [-0.1, -0.05) is 6.92 Å². The normalized spacial score (nSPS) is 18.9. The molecule has 1 aliphatic heterocycles. The number of carbonyl (C=O) groups excluding carboxylic acids is 1. The van der Waals surface area contributed by atoms with Gasteiger partial charge < -0.3 is 20.7 Å². The quantitative estimate of drug-likeness (QED) is 0.805. The fourth-order valence-corrected chi connectivity index (χ4v) is 2.14. The number of aromatic nitrogens is 2. The predicted octanol–water partition coefficient (Wildman–Crippen LogP) is 0.297. The van der Waals surface area contributed by atoms with E-state index in [1.54, 1.807) is 6.20 Å². The molecule has 1 aromatic rings. The van der Waals surface area contributed by atoms with E-state index in [-0.39, 0.29) is 0 Å².